The van der Waals surface area contributed by atoms with Gasteiger partial charge in [0.25, 0.3) is 5.91 Å². The molecule has 2 N–H and O–H groups in total. The Kier molecular flexibility index (Phi) is 5.51. The minimum absolute atomic E-state index is 0.212. The van der Waals surface area contributed by atoms with Crippen LogP contribution in [0, 0.1) is 20.8 Å². The standard InChI is InChI=1S/C17H28N2O4/c1-10-11(2)22-12(3)13(10)14(20)18-9-17(7,8)19-15(21)23-16(4,5)6/h9H2,1-8H3,(H,18,20)(H,19,21). The molecule has 0 radical (unpaired) electrons. The van der Waals surface area contributed by atoms with Gasteiger partial charge in [0.2, 0.25) is 0 Å². The molecule has 6 heteroatoms. The van der Waals surface area contributed by atoms with Crippen LogP contribution in [0.1, 0.15) is 62.1 Å². The van der Waals surface area contributed by atoms with E-state index >= 15 is 0 Å². The summed E-state index contributed by atoms with van der Waals surface area (Å²) in [5, 5.41) is 5.59. The summed E-state index contributed by atoms with van der Waals surface area (Å²) in [4.78, 5) is 24.2. The van der Waals surface area contributed by atoms with E-state index < -0.39 is 17.2 Å². The van der Waals surface area contributed by atoms with Crippen LogP contribution in [0.15, 0.2) is 4.42 Å². The van der Waals surface area contributed by atoms with Gasteiger partial charge < -0.3 is 19.8 Å². The Labute approximate surface area is 138 Å². The van der Waals surface area contributed by atoms with Crippen LogP contribution in [0.4, 0.5) is 4.79 Å². The summed E-state index contributed by atoms with van der Waals surface area (Å²) in [6.07, 6.45) is -0.511. The number of ether oxygens (including phenoxy) is 1. The van der Waals surface area contributed by atoms with Crippen molar-refractivity contribution in [3.8, 4) is 0 Å². The highest BCUT2D eigenvalue weighted by molar-refractivity contribution is 5.96. The predicted octanol–water partition coefficient (Wildman–Crippen LogP) is 3.24. The van der Waals surface area contributed by atoms with E-state index in [4.69, 9.17) is 9.15 Å². The second-order valence-electron chi connectivity index (χ2n) is 7.41. The topological polar surface area (TPSA) is 80.6 Å². The second kappa shape index (κ2) is 6.64. The van der Waals surface area contributed by atoms with Gasteiger partial charge in [0, 0.05) is 12.1 Å². The molecule has 0 aliphatic heterocycles. The number of rotatable bonds is 4. The van der Waals surface area contributed by atoms with Gasteiger partial charge in [-0.1, -0.05) is 0 Å². The van der Waals surface area contributed by atoms with Crippen LogP contribution < -0.4 is 10.6 Å². The Morgan fingerprint density at radius 2 is 1.61 bits per heavy atom. The van der Waals surface area contributed by atoms with Gasteiger partial charge in [-0.3, -0.25) is 4.79 Å². The summed E-state index contributed by atoms with van der Waals surface area (Å²) in [6, 6.07) is 0. The molecule has 1 heterocycles. The zero-order valence-corrected chi connectivity index (χ0v) is 15.3. The Morgan fingerprint density at radius 1 is 1.04 bits per heavy atom. The average molecular weight is 324 g/mol. The number of hydrogen-bond acceptors (Lipinski definition) is 4. The van der Waals surface area contributed by atoms with Gasteiger partial charge in [0.05, 0.1) is 11.1 Å². The summed E-state index contributed by atoms with van der Waals surface area (Å²) in [7, 11) is 0. The lowest BCUT2D eigenvalue weighted by Gasteiger charge is -2.28. The van der Waals surface area contributed by atoms with Crippen molar-refractivity contribution in [3.05, 3.63) is 22.6 Å². The Hall–Kier alpha value is -1.98. The monoisotopic (exact) mass is 324 g/mol. The third-order valence-corrected chi connectivity index (χ3v) is 3.32. The third-order valence-electron chi connectivity index (χ3n) is 3.32. The summed E-state index contributed by atoms with van der Waals surface area (Å²) in [6.45, 7) is 14.7. The van der Waals surface area contributed by atoms with Gasteiger partial charge in [0.15, 0.2) is 0 Å². The van der Waals surface area contributed by atoms with E-state index in [0.29, 0.717) is 11.3 Å². The molecular formula is C17H28N2O4. The molecule has 0 aromatic carbocycles. The van der Waals surface area contributed by atoms with Crippen LogP contribution in [0.5, 0.6) is 0 Å². The molecule has 130 valence electrons. The van der Waals surface area contributed by atoms with Crippen LogP contribution in [-0.4, -0.2) is 29.7 Å². The van der Waals surface area contributed by atoms with Gasteiger partial charge in [-0.15, -0.1) is 0 Å². The maximum Gasteiger partial charge on any atom is 0.408 e. The molecule has 0 fully saturated rings. The molecule has 23 heavy (non-hydrogen) atoms. The average Bonchev–Trinajstić information content (AvgIpc) is 2.57. The van der Waals surface area contributed by atoms with Crippen molar-refractivity contribution in [3.63, 3.8) is 0 Å². The van der Waals surface area contributed by atoms with Crippen LogP contribution >= 0.6 is 0 Å². The first-order valence-corrected chi connectivity index (χ1v) is 7.68. The normalized spacial score (nSPS) is 12.0. The molecule has 1 aromatic rings. The lowest BCUT2D eigenvalue weighted by Crippen LogP contribution is -2.52. The lowest BCUT2D eigenvalue weighted by atomic mass is 10.1. The number of hydrogen-bond donors (Lipinski definition) is 2. The molecule has 0 saturated heterocycles. The van der Waals surface area contributed by atoms with Gasteiger partial charge in [0.1, 0.15) is 17.1 Å². The fourth-order valence-electron chi connectivity index (χ4n) is 2.14. The minimum Gasteiger partial charge on any atom is -0.466 e. The molecule has 0 spiro atoms. The summed E-state index contributed by atoms with van der Waals surface area (Å²) in [5.74, 6) is 1.12. The maximum absolute atomic E-state index is 12.3. The number of furan rings is 1. The van der Waals surface area contributed by atoms with Gasteiger partial charge in [-0.05, 0) is 55.4 Å². The highest BCUT2D eigenvalue weighted by atomic mass is 16.6. The number of carbonyl (C=O) groups excluding carboxylic acids is 2. The minimum atomic E-state index is -0.640. The first-order valence-electron chi connectivity index (χ1n) is 7.68. The molecule has 0 aliphatic carbocycles. The zero-order chi connectivity index (χ0) is 18.0. The van der Waals surface area contributed by atoms with E-state index in [2.05, 4.69) is 10.6 Å². The SMILES string of the molecule is Cc1oc(C)c(C(=O)NCC(C)(C)NC(=O)OC(C)(C)C)c1C. The smallest absolute Gasteiger partial charge is 0.408 e. The predicted molar refractivity (Wildman–Crippen MR) is 88.7 cm³/mol. The van der Waals surface area contributed by atoms with E-state index in [1.165, 1.54) is 0 Å². The van der Waals surface area contributed by atoms with Crippen molar-refractivity contribution in [2.24, 2.45) is 0 Å². The van der Waals surface area contributed by atoms with Crippen molar-refractivity contribution in [1.82, 2.24) is 10.6 Å². The Morgan fingerprint density at radius 3 is 2.04 bits per heavy atom. The number of carbonyl (C=O) groups is 2. The van der Waals surface area contributed by atoms with E-state index in [1.54, 1.807) is 27.7 Å². The highest BCUT2D eigenvalue weighted by Gasteiger charge is 2.26. The van der Waals surface area contributed by atoms with Crippen molar-refractivity contribution < 1.29 is 18.7 Å². The molecule has 0 aliphatic rings. The number of amides is 2. The van der Waals surface area contributed by atoms with Crippen molar-refractivity contribution in [2.45, 2.75) is 66.5 Å². The molecule has 0 saturated carbocycles. The Balaban J connectivity index is 2.65. The molecule has 0 bridgehead atoms. The van der Waals surface area contributed by atoms with Gasteiger partial charge in [-0.2, -0.15) is 0 Å². The van der Waals surface area contributed by atoms with Crippen LogP contribution in [0.3, 0.4) is 0 Å². The number of alkyl carbamates (subject to hydrolysis) is 1. The summed E-state index contributed by atoms with van der Waals surface area (Å²) in [5.41, 5.74) is 0.179. The number of aryl methyl sites for hydroxylation is 2. The molecule has 0 unspecified atom stereocenters. The van der Waals surface area contributed by atoms with Crippen LogP contribution in [0.2, 0.25) is 0 Å². The highest BCUT2D eigenvalue weighted by Crippen LogP contribution is 2.20. The molecule has 0 atom stereocenters. The van der Waals surface area contributed by atoms with Crippen LogP contribution in [0.25, 0.3) is 0 Å². The van der Waals surface area contributed by atoms with Crippen molar-refractivity contribution >= 4 is 12.0 Å². The molecule has 2 amide bonds. The summed E-state index contributed by atoms with van der Waals surface area (Å²) < 4.78 is 10.7. The first-order chi connectivity index (χ1) is 10.3. The van der Waals surface area contributed by atoms with Crippen molar-refractivity contribution in [1.29, 1.82) is 0 Å². The molecular weight excluding hydrogens is 296 g/mol. The fraction of sp³-hybridized carbons (Fsp3) is 0.647. The van der Waals surface area contributed by atoms with E-state index in [0.717, 1.165) is 11.3 Å². The Bertz CT molecular complexity index is 594. The fourth-order valence-corrected chi connectivity index (χ4v) is 2.14. The first kappa shape index (κ1) is 19.1. The zero-order valence-electron chi connectivity index (χ0n) is 15.3. The second-order valence-corrected chi connectivity index (χ2v) is 7.41. The van der Waals surface area contributed by atoms with E-state index in [-0.39, 0.29) is 12.5 Å². The molecule has 1 aromatic heterocycles. The van der Waals surface area contributed by atoms with Gasteiger partial charge >= 0.3 is 6.09 Å². The van der Waals surface area contributed by atoms with Gasteiger partial charge in [-0.25, -0.2) is 4.79 Å². The largest absolute Gasteiger partial charge is 0.466 e. The molecule has 1 rings (SSSR count). The lowest BCUT2D eigenvalue weighted by molar-refractivity contribution is 0.0469. The molecule has 6 nitrogen and oxygen atoms in total. The van der Waals surface area contributed by atoms with E-state index in [9.17, 15) is 9.59 Å². The maximum atomic E-state index is 12.3. The van der Waals surface area contributed by atoms with Crippen LogP contribution in [-0.2, 0) is 4.74 Å². The number of nitrogens with one attached hydrogen (secondary N) is 2. The van der Waals surface area contributed by atoms with E-state index in [1.807, 2.05) is 27.7 Å². The quantitative estimate of drug-likeness (QED) is 0.891. The third kappa shape index (κ3) is 5.62. The van der Waals surface area contributed by atoms with Crippen molar-refractivity contribution in [2.75, 3.05) is 6.54 Å². The summed E-state index contributed by atoms with van der Waals surface area (Å²) >= 11 is 0.